The number of anilines is 1. The standard InChI is InChI=1S/C8H15N5OS/c1-14-5-4-13(3-2-7(9)10)8-12-11-6-15-8/h6H,2-5H2,1H3,(H3,9,10). The van der Waals surface area contributed by atoms with Gasteiger partial charge in [0.25, 0.3) is 0 Å². The van der Waals surface area contributed by atoms with E-state index in [-0.39, 0.29) is 5.84 Å². The van der Waals surface area contributed by atoms with Crippen LogP contribution < -0.4 is 10.6 Å². The molecule has 0 bridgehead atoms. The molecule has 7 heteroatoms. The fourth-order valence-corrected chi connectivity index (χ4v) is 1.68. The average Bonchev–Trinajstić information content (AvgIpc) is 2.71. The van der Waals surface area contributed by atoms with Crippen LogP contribution in [0.25, 0.3) is 0 Å². The summed E-state index contributed by atoms with van der Waals surface area (Å²) >= 11 is 1.47. The summed E-state index contributed by atoms with van der Waals surface area (Å²) in [4.78, 5) is 2.02. The second kappa shape index (κ2) is 6.31. The Balaban J connectivity index is 2.49. The van der Waals surface area contributed by atoms with Crippen LogP contribution in [-0.4, -0.2) is 42.8 Å². The van der Waals surface area contributed by atoms with E-state index in [1.165, 1.54) is 11.3 Å². The molecule has 84 valence electrons. The van der Waals surface area contributed by atoms with Crippen LogP contribution in [-0.2, 0) is 4.74 Å². The highest BCUT2D eigenvalue weighted by molar-refractivity contribution is 7.13. The van der Waals surface area contributed by atoms with Crippen LogP contribution in [0.5, 0.6) is 0 Å². The predicted octanol–water partition coefficient (Wildman–Crippen LogP) is 0.317. The van der Waals surface area contributed by atoms with Gasteiger partial charge in [-0.3, -0.25) is 5.41 Å². The molecule has 0 aliphatic heterocycles. The third kappa shape index (κ3) is 4.22. The molecule has 0 aromatic carbocycles. The van der Waals surface area contributed by atoms with E-state index < -0.39 is 0 Å². The number of methoxy groups -OCH3 is 1. The molecule has 0 aliphatic carbocycles. The Labute approximate surface area is 92.6 Å². The Kier molecular flexibility index (Phi) is 4.99. The summed E-state index contributed by atoms with van der Waals surface area (Å²) < 4.78 is 5.01. The number of rotatable bonds is 7. The first-order valence-corrected chi connectivity index (χ1v) is 5.45. The van der Waals surface area contributed by atoms with E-state index in [9.17, 15) is 0 Å². The van der Waals surface area contributed by atoms with E-state index in [1.54, 1.807) is 12.6 Å². The number of hydrogen-bond acceptors (Lipinski definition) is 6. The lowest BCUT2D eigenvalue weighted by atomic mass is 10.3. The van der Waals surface area contributed by atoms with Crippen LogP contribution >= 0.6 is 11.3 Å². The number of ether oxygens (including phenoxy) is 1. The zero-order valence-electron chi connectivity index (χ0n) is 8.64. The highest BCUT2D eigenvalue weighted by Gasteiger charge is 2.09. The van der Waals surface area contributed by atoms with Crippen molar-refractivity contribution in [1.29, 1.82) is 5.41 Å². The zero-order chi connectivity index (χ0) is 11.1. The van der Waals surface area contributed by atoms with Crippen LogP contribution in [0, 0.1) is 5.41 Å². The molecular weight excluding hydrogens is 214 g/mol. The second-order valence-electron chi connectivity index (χ2n) is 2.98. The maximum Gasteiger partial charge on any atom is 0.208 e. The highest BCUT2D eigenvalue weighted by atomic mass is 32.1. The molecule has 15 heavy (non-hydrogen) atoms. The van der Waals surface area contributed by atoms with Crippen molar-refractivity contribution in [2.24, 2.45) is 5.73 Å². The minimum absolute atomic E-state index is 0.182. The lowest BCUT2D eigenvalue weighted by molar-refractivity contribution is 0.205. The van der Waals surface area contributed by atoms with Crippen LogP contribution in [0.4, 0.5) is 5.13 Å². The molecule has 0 saturated heterocycles. The number of nitrogens with zero attached hydrogens (tertiary/aromatic N) is 3. The summed E-state index contributed by atoms with van der Waals surface area (Å²) in [5, 5.41) is 15.8. The molecule has 3 N–H and O–H groups in total. The maximum absolute atomic E-state index is 7.18. The van der Waals surface area contributed by atoms with Crippen molar-refractivity contribution in [3.63, 3.8) is 0 Å². The van der Waals surface area contributed by atoms with Crippen molar-refractivity contribution in [2.75, 3.05) is 31.7 Å². The average molecular weight is 229 g/mol. The molecule has 0 unspecified atom stereocenters. The fourth-order valence-electron chi connectivity index (χ4n) is 1.07. The second-order valence-corrected chi connectivity index (χ2v) is 3.79. The molecule has 6 nitrogen and oxygen atoms in total. The van der Waals surface area contributed by atoms with E-state index in [2.05, 4.69) is 10.2 Å². The molecule has 0 fully saturated rings. The van der Waals surface area contributed by atoms with Crippen LogP contribution in [0.15, 0.2) is 5.51 Å². The summed E-state index contributed by atoms with van der Waals surface area (Å²) in [6.07, 6.45) is 0.531. The molecule has 0 radical (unpaired) electrons. The van der Waals surface area contributed by atoms with Gasteiger partial charge in [0.05, 0.1) is 12.4 Å². The third-order valence-corrected chi connectivity index (χ3v) is 2.59. The zero-order valence-corrected chi connectivity index (χ0v) is 9.46. The number of nitrogens with two attached hydrogens (primary N) is 1. The summed E-state index contributed by atoms with van der Waals surface area (Å²) in [6.45, 7) is 2.03. The van der Waals surface area contributed by atoms with Gasteiger partial charge in [0.1, 0.15) is 5.51 Å². The summed E-state index contributed by atoms with van der Waals surface area (Å²) in [5.74, 6) is 0.182. The molecule has 1 aromatic rings. The smallest absolute Gasteiger partial charge is 0.208 e. The Morgan fingerprint density at radius 2 is 2.47 bits per heavy atom. The van der Waals surface area contributed by atoms with Gasteiger partial charge < -0.3 is 15.4 Å². The van der Waals surface area contributed by atoms with Crippen LogP contribution in [0.3, 0.4) is 0 Å². The SMILES string of the molecule is COCCN(CCC(=N)N)c1nncs1. The maximum atomic E-state index is 7.18. The molecule has 1 aromatic heterocycles. The van der Waals surface area contributed by atoms with Crippen molar-refractivity contribution in [1.82, 2.24) is 10.2 Å². The lowest BCUT2D eigenvalue weighted by Gasteiger charge is -2.20. The quantitative estimate of drug-likeness (QED) is 0.519. The van der Waals surface area contributed by atoms with E-state index in [0.717, 1.165) is 11.7 Å². The van der Waals surface area contributed by atoms with Crippen molar-refractivity contribution in [2.45, 2.75) is 6.42 Å². The van der Waals surface area contributed by atoms with E-state index in [4.69, 9.17) is 15.9 Å². The molecule has 1 rings (SSSR count). The van der Waals surface area contributed by atoms with Crippen LogP contribution in [0.1, 0.15) is 6.42 Å². The first-order chi connectivity index (χ1) is 7.24. The molecule has 1 heterocycles. The number of hydrogen-bond donors (Lipinski definition) is 2. The Bertz CT molecular complexity index is 289. The number of amidine groups is 1. The molecule has 0 amide bonds. The van der Waals surface area contributed by atoms with Gasteiger partial charge >= 0.3 is 0 Å². The van der Waals surface area contributed by atoms with E-state index >= 15 is 0 Å². The van der Waals surface area contributed by atoms with Gasteiger partial charge in [-0.05, 0) is 0 Å². The van der Waals surface area contributed by atoms with Gasteiger partial charge in [-0.1, -0.05) is 11.3 Å². The van der Waals surface area contributed by atoms with E-state index in [1.807, 2.05) is 4.90 Å². The third-order valence-electron chi connectivity index (χ3n) is 1.84. The van der Waals surface area contributed by atoms with Gasteiger partial charge in [-0.15, -0.1) is 10.2 Å². The Morgan fingerprint density at radius 1 is 1.67 bits per heavy atom. The number of aromatic nitrogens is 2. The van der Waals surface area contributed by atoms with Crippen molar-refractivity contribution >= 4 is 22.3 Å². The first kappa shape index (κ1) is 11.9. The molecule has 0 saturated carbocycles. The first-order valence-electron chi connectivity index (χ1n) is 4.57. The Hall–Kier alpha value is -1.21. The minimum atomic E-state index is 0.182. The molecule has 0 atom stereocenters. The molecule has 0 spiro atoms. The monoisotopic (exact) mass is 229 g/mol. The summed E-state index contributed by atoms with van der Waals surface area (Å²) in [5.41, 5.74) is 7.00. The highest BCUT2D eigenvalue weighted by Crippen LogP contribution is 2.15. The van der Waals surface area contributed by atoms with Gasteiger partial charge in [-0.2, -0.15) is 0 Å². The van der Waals surface area contributed by atoms with Gasteiger partial charge in [0.15, 0.2) is 0 Å². The largest absolute Gasteiger partial charge is 0.388 e. The number of nitrogens with one attached hydrogen (secondary N) is 1. The van der Waals surface area contributed by atoms with E-state index in [0.29, 0.717) is 19.6 Å². The minimum Gasteiger partial charge on any atom is -0.388 e. The van der Waals surface area contributed by atoms with Crippen molar-refractivity contribution in [3.05, 3.63) is 5.51 Å². The normalized spacial score (nSPS) is 10.2. The summed E-state index contributed by atoms with van der Waals surface area (Å²) in [6, 6.07) is 0. The van der Waals surface area contributed by atoms with Gasteiger partial charge in [-0.25, -0.2) is 0 Å². The fraction of sp³-hybridized carbons (Fsp3) is 0.625. The van der Waals surface area contributed by atoms with Gasteiger partial charge in [0, 0.05) is 26.6 Å². The Morgan fingerprint density at radius 3 is 3.00 bits per heavy atom. The van der Waals surface area contributed by atoms with Gasteiger partial charge in [0.2, 0.25) is 5.13 Å². The molecule has 0 aliphatic rings. The molecular formula is C8H15N5OS. The van der Waals surface area contributed by atoms with Crippen molar-refractivity contribution in [3.8, 4) is 0 Å². The lowest BCUT2D eigenvalue weighted by Crippen LogP contribution is -2.30. The predicted molar refractivity (Wildman–Crippen MR) is 60.5 cm³/mol. The summed E-state index contributed by atoms with van der Waals surface area (Å²) in [7, 11) is 1.66. The van der Waals surface area contributed by atoms with Crippen LogP contribution in [0.2, 0.25) is 0 Å². The van der Waals surface area contributed by atoms with Crippen molar-refractivity contribution < 1.29 is 4.74 Å². The topological polar surface area (TPSA) is 88.1 Å².